The molecule has 1 heterocycles. The van der Waals surface area contributed by atoms with E-state index >= 15 is 0 Å². The number of hydrogen-bond donors (Lipinski definition) is 2. The van der Waals surface area contributed by atoms with Crippen molar-refractivity contribution in [1.29, 1.82) is 5.26 Å². The first-order valence-electron chi connectivity index (χ1n) is 8.60. The first-order valence-corrected chi connectivity index (χ1v) is 8.60. The number of nitriles is 1. The summed E-state index contributed by atoms with van der Waals surface area (Å²) < 4.78 is 0. The Morgan fingerprint density at radius 2 is 1.88 bits per heavy atom. The summed E-state index contributed by atoms with van der Waals surface area (Å²) in [5, 5.41) is 14.6. The second kappa shape index (κ2) is 7.44. The number of hydrogen-bond acceptors (Lipinski definition) is 3. The van der Waals surface area contributed by atoms with Gasteiger partial charge < -0.3 is 16.0 Å². The minimum absolute atomic E-state index is 0.271. The smallest absolute Gasteiger partial charge is 0.314 e. The molecule has 1 fully saturated rings. The molecule has 1 radical (unpaired) electrons. The molecule has 3 amide bonds. The van der Waals surface area contributed by atoms with Gasteiger partial charge in [0.05, 0.1) is 12.5 Å². The number of benzene rings is 2. The molecule has 1 aliphatic heterocycles. The average Bonchev–Trinajstić information content (AvgIpc) is 2.66. The largest absolute Gasteiger partial charge is 0.351 e. The van der Waals surface area contributed by atoms with Crippen LogP contribution in [0.15, 0.2) is 42.5 Å². The molecular weight excluding hydrogens is 328 g/mol. The van der Waals surface area contributed by atoms with Gasteiger partial charge >= 0.3 is 6.03 Å². The monoisotopic (exact) mass is 349 g/mol. The van der Waals surface area contributed by atoms with Crippen LogP contribution in [0, 0.1) is 17.8 Å². The van der Waals surface area contributed by atoms with E-state index in [1.807, 2.05) is 36.4 Å². The van der Waals surface area contributed by atoms with Gasteiger partial charge in [-0.05, 0) is 22.8 Å². The molecular formula is C20H21N4O2. The third-order valence-corrected chi connectivity index (χ3v) is 4.84. The lowest BCUT2D eigenvalue weighted by molar-refractivity contribution is -0.119. The Morgan fingerprint density at radius 1 is 1.19 bits per heavy atom. The van der Waals surface area contributed by atoms with Crippen molar-refractivity contribution in [2.45, 2.75) is 24.8 Å². The number of nitrogens with two attached hydrogens (primary N) is 1. The van der Waals surface area contributed by atoms with Gasteiger partial charge in [0.25, 0.3) is 0 Å². The third kappa shape index (κ3) is 3.94. The van der Waals surface area contributed by atoms with E-state index in [0.29, 0.717) is 32.4 Å². The lowest BCUT2D eigenvalue weighted by atomic mass is 9.88. The first-order chi connectivity index (χ1) is 12.5. The van der Waals surface area contributed by atoms with Crippen molar-refractivity contribution in [2.75, 3.05) is 13.1 Å². The van der Waals surface area contributed by atoms with Crippen LogP contribution in [-0.2, 0) is 11.2 Å². The molecule has 0 spiro atoms. The van der Waals surface area contributed by atoms with Crippen LogP contribution < -0.4 is 11.1 Å². The van der Waals surface area contributed by atoms with Gasteiger partial charge in [-0.3, -0.25) is 4.79 Å². The summed E-state index contributed by atoms with van der Waals surface area (Å²) in [4.78, 5) is 25.0. The van der Waals surface area contributed by atoms with Crippen LogP contribution in [0.4, 0.5) is 4.79 Å². The summed E-state index contributed by atoms with van der Waals surface area (Å²) in [7, 11) is 0. The molecule has 1 saturated heterocycles. The predicted octanol–water partition coefficient (Wildman–Crippen LogP) is 2.14. The first kappa shape index (κ1) is 17.7. The van der Waals surface area contributed by atoms with E-state index in [9.17, 15) is 14.9 Å². The Kier molecular flexibility index (Phi) is 5.08. The van der Waals surface area contributed by atoms with E-state index in [0.717, 1.165) is 16.3 Å². The van der Waals surface area contributed by atoms with Gasteiger partial charge in [0.1, 0.15) is 5.54 Å². The molecule has 0 unspecified atom stereocenters. The van der Waals surface area contributed by atoms with Crippen LogP contribution in [0.25, 0.3) is 10.8 Å². The number of likely N-dealkylation sites (tertiary alicyclic amines) is 1. The number of amides is 3. The van der Waals surface area contributed by atoms with Crippen LogP contribution in [0.5, 0.6) is 0 Å². The Hall–Kier alpha value is -3.07. The van der Waals surface area contributed by atoms with Crippen LogP contribution in [0.2, 0.25) is 0 Å². The lowest BCUT2D eigenvalue weighted by Crippen LogP contribution is -2.56. The lowest BCUT2D eigenvalue weighted by Gasteiger charge is -2.36. The summed E-state index contributed by atoms with van der Waals surface area (Å²) in [6, 6.07) is 15.9. The van der Waals surface area contributed by atoms with Crippen LogP contribution in [0.3, 0.4) is 0 Å². The Morgan fingerprint density at radius 3 is 2.54 bits per heavy atom. The van der Waals surface area contributed by atoms with Gasteiger partial charge in [-0.15, -0.1) is 0 Å². The van der Waals surface area contributed by atoms with Crippen LogP contribution in [0.1, 0.15) is 18.4 Å². The molecule has 1 aliphatic rings. The normalized spacial score (nSPS) is 16.0. The highest BCUT2D eigenvalue weighted by molar-refractivity contribution is 5.87. The van der Waals surface area contributed by atoms with Crippen molar-refractivity contribution in [3.63, 3.8) is 0 Å². The molecule has 0 bridgehead atoms. The number of urea groups is 1. The van der Waals surface area contributed by atoms with Gasteiger partial charge in [-0.1, -0.05) is 42.5 Å². The number of nitrogens with zero attached hydrogens (tertiary/aromatic N) is 2. The standard InChI is InChI=1S/C20H21N4O2/c21-14-20(9-11-24(12-10-20)19(22)26)23-18(25)8-6-15-5-7-16-3-1-2-4-17(16)13-15/h1-5,7-8,13H,6,9-12H2,(H2,22,26)(H,23,25). The molecule has 0 aliphatic carbocycles. The number of primary amides is 1. The summed E-state index contributed by atoms with van der Waals surface area (Å²) in [5.41, 5.74) is 5.35. The number of fused-ring (bicyclic) bond motifs is 1. The van der Waals surface area contributed by atoms with Crippen molar-refractivity contribution < 1.29 is 9.59 Å². The Bertz CT molecular complexity index is 863. The van der Waals surface area contributed by atoms with Crippen molar-refractivity contribution in [1.82, 2.24) is 10.2 Å². The van der Waals surface area contributed by atoms with Gasteiger partial charge in [0.2, 0.25) is 5.91 Å². The van der Waals surface area contributed by atoms with Gasteiger partial charge in [0, 0.05) is 25.9 Å². The van der Waals surface area contributed by atoms with Crippen molar-refractivity contribution in [2.24, 2.45) is 5.73 Å². The predicted molar refractivity (Wildman–Crippen MR) is 98.8 cm³/mol. The fourth-order valence-electron chi connectivity index (χ4n) is 3.24. The zero-order chi connectivity index (χ0) is 18.6. The average molecular weight is 349 g/mol. The summed E-state index contributed by atoms with van der Waals surface area (Å²) in [6.07, 6.45) is 2.80. The van der Waals surface area contributed by atoms with Crippen molar-refractivity contribution in [3.05, 3.63) is 54.4 Å². The van der Waals surface area contributed by atoms with E-state index < -0.39 is 11.6 Å². The molecule has 26 heavy (non-hydrogen) atoms. The molecule has 3 rings (SSSR count). The number of carbonyl (C=O) groups excluding carboxylic acids is 2. The minimum atomic E-state index is -0.942. The minimum Gasteiger partial charge on any atom is -0.351 e. The highest BCUT2D eigenvalue weighted by Gasteiger charge is 2.36. The molecule has 6 heteroatoms. The quantitative estimate of drug-likeness (QED) is 0.884. The fourth-order valence-corrected chi connectivity index (χ4v) is 3.24. The van der Waals surface area contributed by atoms with E-state index in [4.69, 9.17) is 5.73 Å². The second-order valence-electron chi connectivity index (χ2n) is 6.60. The molecule has 6 nitrogen and oxygen atoms in total. The van der Waals surface area contributed by atoms with Crippen molar-refractivity contribution in [3.8, 4) is 6.07 Å². The highest BCUT2D eigenvalue weighted by Crippen LogP contribution is 2.22. The molecule has 0 aromatic heterocycles. The Balaban J connectivity index is 1.57. The van der Waals surface area contributed by atoms with Crippen LogP contribution in [-0.4, -0.2) is 35.5 Å². The fraction of sp³-hybridized carbons (Fsp3) is 0.300. The maximum absolute atomic E-state index is 12.3. The van der Waals surface area contributed by atoms with E-state index in [1.165, 1.54) is 4.90 Å². The number of carbonyl (C=O) groups is 2. The zero-order valence-electron chi connectivity index (χ0n) is 14.4. The maximum atomic E-state index is 12.3. The van der Waals surface area contributed by atoms with Gasteiger partial charge in [-0.25, -0.2) is 4.79 Å². The number of rotatable bonds is 4. The zero-order valence-corrected chi connectivity index (χ0v) is 14.4. The topological polar surface area (TPSA) is 99.2 Å². The second-order valence-corrected chi connectivity index (χ2v) is 6.60. The highest BCUT2D eigenvalue weighted by atomic mass is 16.2. The van der Waals surface area contributed by atoms with Gasteiger partial charge in [-0.2, -0.15) is 5.26 Å². The molecule has 2 aromatic rings. The number of piperidine rings is 1. The van der Waals surface area contributed by atoms with E-state index in [2.05, 4.69) is 17.5 Å². The molecule has 133 valence electrons. The molecule has 2 aromatic carbocycles. The molecule has 0 saturated carbocycles. The van der Waals surface area contributed by atoms with Crippen molar-refractivity contribution >= 4 is 22.7 Å². The maximum Gasteiger partial charge on any atom is 0.314 e. The summed E-state index contributed by atoms with van der Waals surface area (Å²) >= 11 is 0. The van der Waals surface area contributed by atoms with Crippen LogP contribution >= 0.6 is 0 Å². The SMILES string of the molecule is N#CC1(NC(=O)[CH]Cc2ccc3ccccc3c2)CCN(C(N)=O)CC1. The molecule has 0 atom stereocenters. The number of nitrogens with one attached hydrogen (secondary N) is 1. The Labute approximate surface area is 152 Å². The summed E-state index contributed by atoms with van der Waals surface area (Å²) in [6.45, 7) is 0.738. The van der Waals surface area contributed by atoms with E-state index in [1.54, 1.807) is 6.42 Å². The van der Waals surface area contributed by atoms with Gasteiger partial charge in [0.15, 0.2) is 0 Å². The third-order valence-electron chi connectivity index (χ3n) is 4.84. The summed E-state index contributed by atoms with van der Waals surface area (Å²) in [5.74, 6) is -0.271. The van der Waals surface area contributed by atoms with E-state index in [-0.39, 0.29) is 5.91 Å². The molecule has 3 N–H and O–H groups in total.